The second-order valence-electron chi connectivity index (χ2n) is 5.31. The van der Waals surface area contributed by atoms with Crippen molar-refractivity contribution < 1.29 is 13.9 Å². The summed E-state index contributed by atoms with van der Waals surface area (Å²) in [6.45, 7) is 7.11. The van der Waals surface area contributed by atoms with Crippen molar-refractivity contribution in [3.63, 3.8) is 0 Å². The molecule has 1 N–H and O–H groups in total. The maximum Gasteiger partial charge on any atom is 0.374 e. The van der Waals surface area contributed by atoms with Crippen molar-refractivity contribution in [2.75, 3.05) is 33.3 Å². The molecule has 20 heavy (non-hydrogen) atoms. The lowest BCUT2D eigenvalue weighted by atomic mass is 9.99. The monoisotopic (exact) mass is 280 g/mol. The van der Waals surface area contributed by atoms with Gasteiger partial charge in [0, 0.05) is 18.7 Å². The molecule has 1 atom stereocenters. The van der Waals surface area contributed by atoms with E-state index in [0.29, 0.717) is 11.7 Å². The Morgan fingerprint density at radius 2 is 2.45 bits per heavy atom. The Morgan fingerprint density at radius 3 is 3.10 bits per heavy atom. The average molecular weight is 280 g/mol. The van der Waals surface area contributed by atoms with E-state index >= 15 is 0 Å². The van der Waals surface area contributed by atoms with Gasteiger partial charge in [-0.05, 0) is 44.5 Å². The van der Waals surface area contributed by atoms with Crippen LogP contribution in [0.25, 0.3) is 0 Å². The second kappa shape index (κ2) is 7.45. The molecule has 0 amide bonds. The highest BCUT2D eigenvalue weighted by atomic mass is 16.5. The SMILES string of the molecule is CCN(Cc1ccoc1C(=O)OC)CC1CCCNC1. The zero-order valence-electron chi connectivity index (χ0n) is 12.4. The van der Waals surface area contributed by atoms with E-state index in [1.54, 1.807) is 6.26 Å². The van der Waals surface area contributed by atoms with Crippen LogP contribution in [0.5, 0.6) is 0 Å². The van der Waals surface area contributed by atoms with Crippen LogP contribution in [0.4, 0.5) is 0 Å². The molecule has 1 fully saturated rings. The first-order chi connectivity index (χ1) is 9.74. The fraction of sp³-hybridized carbons (Fsp3) is 0.667. The summed E-state index contributed by atoms with van der Waals surface area (Å²) in [5, 5.41) is 3.44. The number of ether oxygens (including phenoxy) is 1. The number of piperidine rings is 1. The summed E-state index contributed by atoms with van der Waals surface area (Å²) in [7, 11) is 1.37. The Balaban J connectivity index is 1.95. The lowest BCUT2D eigenvalue weighted by Crippen LogP contribution is -2.38. The van der Waals surface area contributed by atoms with E-state index in [1.165, 1.54) is 20.0 Å². The van der Waals surface area contributed by atoms with Gasteiger partial charge in [-0.15, -0.1) is 0 Å². The Kier molecular flexibility index (Phi) is 5.61. The predicted octanol–water partition coefficient (Wildman–Crippen LogP) is 1.89. The van der Waals surface area contributed by atoms with E-state index < -0.39 is 5.97 Å². The topological polar surface area (TPSA) is 54.7 Å². The fourth-order valence-corrected chi connectivity index (χ4v) is 2.72. The zero-order chi connectivity index (χ0) is 14.4. The van der Waals surface area contributed by atoms with Crippen LogP contribution in [0.2, 0.25) is 0 Å². The number of hydrogen-bond acceptors (Lipinski definition) is 5. The molecule has 1 aromatic heterocycles. The Morgan fingerprint density at radius 1 is 1.60 bits per heavy atom. The third-order valence-corrected chi connectivity index (χ3v) is 3.87. The first-order valence-electron chi connectivity index (χ1n) is 7.32. The number of methoxy groups -OCH3 is 1. The predicted molar refractivity (Wildman–Crippen MR) is 76.6 cm³/mol. The lowest BCUT2D eigenvalue weighted by Gasteiger charge is -2.29. The van der Waals surface area contributed by atoms with Gasteiger partial charge in [-0.2, -0.15) is 0 Å². The third kappa shape index (κ3) is 3.84. The average Bonchev–Trinajstić information content (AvgIpc) is 2.95. The quantitative estimate of drug-likeness (QED) is 0.806. The Bertz CT molecular complexity index is 425. The number of hydrogen-bond donors (Lipinski definition) is 1. The maximum absolute atomic E-state index is 11.6. The van der Waals surface area contributed by atoms with E-state index in [0.717, 1.165) is 38.3 Å². The summed E-state index contributed by atoms with van der Waals surface area (Å²) in [6.07, 6.45) is 4.08. The number of nitrogens with one attached hydrogen (secondary N) is 1. The first kappa shape index (κ1) is 15.1. The molecular formula is C15H24N2O3. The normalized spacial score (nSPS) is 19.2. The first-order valence-corrected chi connectivity index (χ1v) is 7.32. The third-order valence-electron chi connectivity index (χ3n) is 3.87. The van der Waals surface area contributed by atoms with Gasteiger partial charge in [-0.1, -0.05) is 6.92 Å². The van der Waals surface area contributed by atoms with Crippen molar-refractivity contribution in [2.24, 2.45) is 5.92 Å². The van der Waals surface area contributed by atoms with Crippen molar-refractivity contribution in [1.29, 1.82) is 0 Å². The summed E-state index contributed by atoms with van der Waals surface area (Å²) in [5.74, 6) is 0.616. The lowest BCUT2D eigenvalue weighted by molar-refractivity contribution is 0.0561. The summed E-state index contributed by atoms with van der Waals surface area (Å²) in [4.78, 5) is 14.0. The minimum atomic E-state index is -0.402. The van der Waals surface area contributed by atoms with E-state index in [2.05, 4.69) is 17.1 Å². The molecule has 112 valence electrons. The van der Waals surface area contributed by atoms with E-state index in [9.17, 15) is 4.79 Å². The second-order valence-corrected chi connectivity index (χ2v) is 5.31. The van der Waals surface area contributed by atoms with Crippen LogP contribution in [0.3, 0.4) is 0 Å². The Labute approximate surface area is 120 Å². The highest BCUT2D eigenvalue weighted by Gasteiger charge is 2.20. The number of carbonyl (C=O) groups excluding carboxylic acids is 1. The molecule has 0 saturated carbocycles. The molecule has 5 heteroatoms. The standard InChI is InChI=1S/C15H24N2O3/c1-3-17(10-12-5-4-7-16-9-12)11-13-6-8-20-14(13)15(18)19-2/h6,8,12,16H,3-5,7,9-11H2,1-2H3. The van der Waals surface area contributed by atoms with E-state index in [-0.39, 0.29) is 0 Å². The van der Waals surface area contributed by atoms with Gasteiger partial charge in [-0.3, -0.25) is 4.90 Å². The van der Waals surface area contributed by atoms with E-state index in [1.807, 2.05) is 6.07 Å². The van der Waals surface area contributed by atoms with Gasteiger partial charge in [0.25, 0.3) is 0 Å². The highest BCUT2D eigenvalue weighted by molar-refractivity contribution is 5.87. The van der Waals surface area contributed by atoms with Crippen molar-refractivity contribution in [1.82, 2.24) is 10.2 Å². The zero-order valence-corrected chi connectivity index (χ0v) is 12.4. The van der Waals surface area contributed by atoms with Crippen LogP contribution in [0, 0.1) is 5.92 Å². The van der Waals surface area contributed by atoms with Crippen molar-refractivity contribution in [3.05, 3.63) is 23.7 Å². The minimum absolute atomic E-state index is 0.327. The summed E-state index contributed by atoms with van der Waals surface area (Å²) in [6, 6.07) is 1.86. The largest absolute Gasteiger partial charge is 0.463 e. The van der Waals surface area contributed by atoms with Gasteiger partial charge in [0.1, 0.15) is 0 Å². The number of rotatable bonds is 6. The molecule has 1 aromatic rings. The number of nitrogens with zero attached hydrogens (tertiary/aromatic N) is 1. The van der Waals surface area contributed by atoms with Crippen LogP contribution in [0.1, 0.15) is 35.9 Å². The molecule has 0 spiro atoms. The molecule has 1 saturated heterocycles. The van der Waals surface area contributed by atoms with Crippen LogP contribution < -0.4 is 5.32 Å². The van der Waals surface area contributed by atoms with Crippen molar-refractivity contribution in [3.8, 4) is 0 Å². The maximum atomic E-state index is 11.6. The van der Waals surface area contributed by atoms with Crippen LogP contribution in [-0.2, 0) is 11.3 Å². The number of esters is 1. The minimum Gasteiger partial charge on any atom is -0.463 e. The molecule has 2 rings (SSSR count). The number of carbonyl (C=O) groups is 1. The van der Waals surface area contributed by atoms with Gasteiger partial charge < -0.3 is 14.5 Å². The molecule has 1 aliphatic rings. The number of furan rings is 1. The molecule has 2 heterocycles. The molecule has 0 aliphatic carbocycles. The van der Waals surface area contributed by atoms with Crippen molar-refractivity contribution >= 4 is 5.97 Å². The molecule has 0 aromatic carbocycles. The van der Waals surface area contributed by atoms with Gasteiger partial charge >= 0.3 is 5.97 Å². The van der Waals surface area contributed by atoms with Gasteiger partial charge in [0.15, 0.2) is 0 Å². The van der Waals surface area contributed by atoms with Crippen LogP contribution in [0.15, 0.2) is 16.7 Å². The van der Waals surface area contributed by atoms with Crippen LogP contribution in [-0.4, -0.2) is 44.2 Å². The van der Waals surface area contributed by atoms with Gasteiger partial charge in [0.05, 0.1) is 13.4 Å². The Hall–Kier alpha value is -1.33. The van der Waals surface area contributed by atoms with Gasteiger partial charge in [0.2, 0.25) is 5.76 Å². The van der Waals surface area contributed by atoms with Crippen molar-refractivity contribution in [2.45, 2.75) is 26.3 Å². The fourth-order valence-electron chi connectivity index (χ4n) is 2.72. The molecule has 0 radical (unpaired) electrons. The molecule has 0 bridgehead atoms. The smallest absolute Gasteiger partial charge is 0.374 e. The molecular weight excluding hydrogens is 256 g/mol. The summed E-state index contributed by atoms with van der Waals surface area (Å²) in [5.41, 5.74) is 0.905. The molecule has 1 unspecified atom stereocenters. The van der Waals surface area contributed by atoms with Gasteiger partial charge in [-0.25, -0.2) is 4.79 Å². The summed E-state index contributed by atoms with van der Waals surface area (Å²) >= 11 is 0. The van der Waals surface area contributed by atoms with E-state index in [4.69, 9.17) is 9.15 Å². The van der Waals surface area contributed by atoms with Crippen LogP contribution >= 0.6 is 0 Å². The highest BCUT2D eigenvalue weighted by Crippen LogP contribution is 2.17. The molecule has 1 aliphatic heterocycles. The summed E-state index contributed by atoms with van der Waals surface area (Å²) < 4.78 is 9.98. The molecule has 5 nitrogen and oxygen atoms in total.